The van der Waals surface area contributed by atoms with Gasteiger partial charge in [0.2, 0.25) is 0 Å². The molecule has 0 aliphatic carbocycles. The summed E-state index contributed by atoms with van der Waals surface area (Å²) in [6.07, 6.45) is 3.85. The summed E-state index contributed by atoms with van der Waals surface area (Å²) < 4.78 is 71.5. The van der Waals surface area contributed by atoms with Gasteiger partial charge in [-0.3, -0.25) is 9.59 Å². The Balaban J connectivity index is 0.000000242. The molecule has 0 bridgehead atoms. The molecule has 0 N–H and O–H groups in total. The molecule has 5 nitrogen and oxygen atoms in total. The van der Waals surface area contributed by atoms with Crippen molar-refractivity contribution < 1.29 is 41.4 Å². The Bertz CT molecular complexity index is 1770. The molecular formula is C38H44F4O5Si2. The lowest BCUT2D eigenvalue weighted by atomic mass is 9.99. The number of carbonyl (C=O) groups excluding carboxylic acids is 2. The highest BCUT2D eigenvalue weighted by Crippen LogP contribution is 2.34. The van der Waals surface area contributed by atoms with Crippen molar-refractivity contribution in [2.75, 3.05) is 27.4 Å². The smallest absolute Gasteiger partial charge is 0.150 e. The van der Waals surface area contributed by atoms with Gasteiger partial charge >= 0.3 is 0 Å². The van der Waals surface area contributed by atoms with E-state index in [1.165, 1.54) is 75.6 Å². The maximum Gasteiger partial charge on any atom is 0.150 e. The van der Waals surface area contributed by atoms with Gasteiger partial charge in [0.25, 0.3) is 0 Å². The normalized spacial score (nSPS) is 12.7. The fraction of sp³-hybridized carbons (Fsp3) is 0.316. The van der Waals surface area contributed by atoms with Crippen molar-refractivity contribution in [3.63, 3.8) is 0 Å². The van der Waals surface area contributed by atoms with Crippen molar-refractivity contribution in [1.29, 1.82) is 0 Å². The van der Waals surface area contributed by atoms with Crippen molar-refractivity contribution >= 4 is 39.1 Å². The van der Waals surface area contributed by atoms with Gasteiger partial charge in [0, 0.05) is 35.5 Å². The summed E-state index contributed by atoms with van der Waals surface area (Å²) in [5.41, 5.74) is 2.04. The van der Waals surface area contributed by atoms with Gasteiger partial charge in [-0.1, -0.05) is 39.3 Å². The minimum absolute atomic E-state index is 0.278. The highest BCUT2D eigenvalue weighted by atomic mass is 28.3. The molecule has 0 spiro atoms. The zero-order valence-electron chi connectivity index (χ0n) is 29.3. The van der Waals surface area contributed by atoms with Crippen molar-refractivity contribution in [1.82, 2.24) is 0 Å². The van der Waals surface area contributed by atoms with Crippen LogP contribution in [0.15, 0.2) is 60.7 Å². The van der Waals surface area contributed by atoms with E-state index in [2.05, 4.69) is 0 Å². The third-order valence-electron chi connectivity index (χ3n) is 7.88. The van der Waals surface area contributed by atoms with Crippen LogP contribution in [-0.2, 0) is 4.74 Å². The van der Waals surface area contributed by atoms with E-state index in [4.69, 9.17) is 14.2 Å². The molecule has 0 aromatic heterocycles. The number of carbonyl (C=O) groups is 2. The van der Waals surface area contributed by atoms with Gasteiger partial charge in [0.1, 0.15) is 34.8 Å². The first-order chi connectivity index (χ1) is 23.0. The van der Waals surface area contributed by atoms with E-state index in [9.17, 15) is 27.2 Å². The van der Waals surface area contributed by atoms with Crippen LogP contribution in [0.3, 0.4) is 0 Å². The summed E-state index contributed by atoms with van der Waals surface area (Å²) in [6.45, 7) is 14.2. The van der Waals surface area contributed by atoms with Gasteiger partial charge in [-0.25, -0.2) is 17.6 Å². The minimum atomic E-state index is -1.95. The first-order valence-electron chi connectivity index (χ1n) is 15.9. The first kappa shape index (κ1) is 39.4. The lowest BCUT2D eigenvalue weighted by Crippen LogP contribution is -2.40. The van der Waals surface area contributed by atoms with Crippen molar-refractivity contribution in [3.05, 3.63) is 95.1 Å². The summed E-state index contributed by atoms with van der Waals surface area (Å²) in [7, 11) is -0.933. The van der Waals surface area contributed by atoms with Gasteiger partial charge < -0.3 is 14.2 Å². The summed E-state index contributed by atoms with van der Waals surface area (Å²) in [5.74, 6) is -0.848. The van der Waals surface area contributed by atoms with Crippen molar-refractivity contribution in [2.45, 2.75) is 52.1 Å². The van der Waals surface area contributed by atoms with E-state index in [0.29, 0.717) is 62.3 Å². The molecule has 0 radical (unpaired) electrons. The predicted octanol–water partition coefficient (Wildman–Crippen LogP) is 8.79. The van der Waals surface area contributed by atoms with Gasteiger partial charge in [-0.05, 0) is 95.0 Å². The zero-order chi connectivity index (χ0) is 36.5. The van der Waals surface area contributed by atoms with Gasteiger partial charge in [-0.2, -0.15) is 0 Å². The maximum absolute atomic E-state index is 14.8. The molecule has 1 aliphatic heterocycles. The molecule has 1 aliphatic rings. The predicted molar refractivity (Wildman–Crippen MR) is 193 cm³/mol. The van der Waals surface area contributed by atoms with Gasteiger partial charge in [-0.15, -0.1) is 0 Å². The second-order valence-electron chi connectivity index (χ2n) is 13.6. The molecule has 4 aromatic carbocycles. The van der Waals surface area contributed by atoms with Gasteiger partial charge in [0.15, 0.2) is 12.6 Å². The second kappa shape index (κ2) is 17.0. The summed E-state index contributed by atoms with van der Waals surface area (Å²) >= 11 is 0. The van der Waals surface area contributed by atoms with Crippen LogP contribution in [0.25, 0.3) is 22.3 Å². The van der Waals surface area contributed by atoms with Crippen molar-refractivity contribution in [3.8, 4) is 33.8 Å². The molecule has 0 atom stereocenters. The summed E-state index contributed by atoms with van der Waals surface area (Å²) in [5, 5.41) is 1.23. The molecule has 1 saturated heterocycles. The average molecular weight is 713 g/mol. The molecule has 11 heteroatoms. The average Bonchev–Trinajstić information content (AvgIpc) is 3.64. The number of hydrogen-bond acceptors (Lipinski definition) is 5. The molecule has 1 heterocycles. The lowest BCUT2D eigenvalue weighted by molar-refractivity contribution is 0.111. The Morgan fingerprint density at radius 2 is 1.02 bits per heavy atom. The topological polar surface area (TPSA) is 61.8 Å². The number of ether oxygens (including phenoxy) is 3. The third kappa shape index (κ3) is 10.2. The Kier molecular flexibility index (Phi) is 13.7. The molecule has 4 aromatic rings. The third-order valence-corrected chi connectivity index (χ3v) is 11.9. The summed E-state index contributed by atoms with van der Waals surface area (Å²) in [4.78, 5) is 22.6. The fourth-order valence-electron chi connectivity index (χ4n) is 5.27. The highest BCUT2D eigenvalue weighted by molar-refractivity contribution is 6.89. The van der Waals surface area contributed by atoms with E-state index < -0.39 is 27.8 Å². The van der Waals surface area contributed by atoms with Crippen LogP contribution < -0.4 is 19.8 Å². The van der Waals surface area contributed by atoms with E-state index in [0.717, 1.165) is 13.2 Å². The number of hydrogen-bond donors (Lipinski definition) is 0. The molecule has 0 saturated carbocycles. The van der Waals surface area contributed by atoms with Crippen LogP contribution in [0, 0.1) is 23.3 Å². The summed E-state index contributed by atoms with van der Waals surface area (Å²) in [6, 6.07) is 13.6. The molecule has 5 rings (SSSR count). The highest BCUT2D eigenvalue weighted by Gasteiger charge is 2.27. The van der Waals surface area contributed by atoms with Crippen molar-refractivity contribution in [2.24, 2.45) is 0 Å². The maximum atomic E-state index is 14.8. The van der Waals surface area contributed by atoms with E-state index >= 15 is 0 Å². The number of rotatable bonds is 8. The van der Waals surface area contributed by atoms with E-state index in [-0.39, 0.29) is 17.2 Å². The first-order valence-corrected chi connectivity index (χ1v) is 22.9. The number of methoxy groups -OCH3 is 2. The molecule has 262 valence electrons. The SMILES string of the molecule is C1CCOC1.COc1cc([Si](C)(C)C)c(F)cc1-c1cc(F)c([Si](C)(C)C)cc1C=O.COc1ccc(F)cc1-c1cc(F)ccc1C=O. The molecule has 1 fully saturated rings. The number of benzene rings is 4. The number of halogens is 4. The zero-order valence-corrected chi connectivity index (χ0v) is 31.3. The standard InChI is InChI=1S/C20H26F2O2Si2.C14H10F2O2.C4H8O/c1-24-18-11-20(26(5,6)7)17(22)10-15(18)14-9-16(21)19(25(2,3)4)8-13(14)12-23;1-18-14-5-4-11(16)7-13(14)12-6-10(15)3-2-9(12)8-17;1-2-4-5-3-1/h8-12H,1-7H3;2-8H,1H3;1-4H2. The van der Waals surface area contributed by atoms with E-state index in [1.807, 2.05) is 39.3 Å². The number of aldehydes is 2. The fourth-order valence-corrected chi connectivity index (χ4v) is 8.00. The Morgan fingerprint density at radius 1 is 0.571 bits per heavy atom. The Hall–Kier alpha value is -4.07. The lowest BCUT2D eigenvalue weighted by Gasteiger charge is -2.22. The van der Waals surface area contributed by atoms with Gasteiger partial charge in [0.05, 0.1) is 30.4 Å². The molecule has 0 unspecified atom stereocenters. The van der Waals surface area contributed by atoms with Crippen LogP contribution in [0.1, 0.15) is 33.6 Å². The van der Waals surface area contributed by atoms with E-state index in [1.54, 1.807) is 12.1 Å². The molecule has 0 amide bonds. The van der Waals surface area contributed by atoms with Crippen LogP contribution in [0.5, 0.6) is 11.5 Å². The largest absolute Gasteiger partial charge is 0.496 e. The van der Waals surface area contributed by atoms with Crippen LogP contribution in [0.4, 0.5) is 17.6 Å². The second-order valence-corrected chi connectivity index (χ2v) is 23.7. The Labute approximate surface area is 288 Å². The van der Waals surface area contributed by atoms with Crippen LogP contribution in [-0.4, -0.2) is 56.2 Å². The monoisotopic (exact) mass is 712 g/mol. The molecular weight excluding hydrogens is 669 g/mol. The molecule has 49 heavy (non-hydrogen) atoms. The Morgan fingerprint density at radius 3 is 1.49 bits per heavy atom. The minimum Gasteiger partial charge on any atom is -0.496 e. The quantitative estimate of drug-likeness (QED) is 0.104. The van der Waals surface area contributed by atoms with Crippen LogP contribution >= 0.6 is 0 Å². The van der Waals surface area contributed by atoms with Crippen LogP contribution in [0.2, 0.25) is 39.3 Å².